The van der Waals surface area contributed by atoms with Crippen LogP contribution < -0.4 is 5.73 Å². The lowest BCUT2D eigenvalue weighted by Crippen LogP contribution is -2.34. The van der Waals surface area contributed by atoms with Crippen molar-refractivity contribution >= 4 is 13.8 Å². The Morgan fingerprint density at radius 3 is 2.25 bits per heavy atom. The van der Waals surface area contributed by atoms with Crippen LogP contribution in [0.5, 0.6) is 0 Å². The highest BCUT2D eigenvalue weighted by atomic mass is 31.2. The van der Waals surface area contributed by atoms with E-state index in [-0.39, 0.29) is 0 Å². The zero-order valence-electron chi connectivity index (χ0n) is 8.22. The molecule has 0 aromatic heterocycles. The molecule has 16 heavy (non-hydrogen) atoms. The van der Waals surface area contributed by atoms with E-state index in [0.717, 1.165) is 0 Å². The number of phosphoric acid groups is 1. The molecule has 0 saturated carbocycles. The Morgan fingerprint density at radius 2 is 1.88 bits per heavy atom. The molecule has 0 saturated heterocycles. The van der Waals surface area contributed by atoms with E-state index in [9.17, 15) is 9.36 Å². The number of carbonyl (C=O) groups is 1. The van der Waals surface area contributed by atoms with Gasteiger partial charge in [0.25, 0.3) is 0 Å². The Morgan fingerprint density at radius 1 is 1.38 bits per heavy atom. The van der Waals surface area contributed by atoms with Crippen molar-refractivity contribution in [3.05, 3.63) is 0 Å². The van der Waals surface area contributed by atoms with Crippen LogP contribution in [-0.2, 0) is 18.4 Å². The zero-order valence-corrected chi connectivity index (χ0v) is 9.12. The van der Waals surface area contributed by atoms with Crippen LogP contribution in [0.4, 0.5) is 0 Å². The number of nitrogens with two attached hydrogens (primary N) is 1. The Hall–Kier alpha value is -0.540. The first-order chi connectivity index (χ1) is 7.32. The summed E-state index contributed by atoms with van der Waals surface area (Å²) < 4.78 is 19.7. The van der Waals surface area contributed by atoms with Gasteiger partial charge in [-0.25, -0.2) is 4.57 Å². The van der Waals surface area contributed by atoms with Gasteiger partial charge >= 0.3 is 13.8 Å². The van der Waals surface area contributed by atoms with Crippen molar-refractivity contribution in [3.8, 4) is 0 Å². The van der Waals surface area contributed by atoms with Gasteiger partial charge in [0.15, 0.2) is 0 Å². The van der Waals surface area contributed by atoms with Gasteiger partial charge in [-0.3, -0.25) is 13.8 Å². The number of phosphoric ester groups is 1. The minimum absolute atomic E-state index is 0.685. The highest BCUT2D eigenvalue weighted by Gasteiger charge is 2.28. The van der Waals surface area contributed by atoms with Crippen molar-refractivity contribution in [2.45, 2.75) is 12.1 Å². The maximum atomic E-state index is 11.1. The standard InChI is InChI=1S/C6H14NO8P/c7-5(6(10)11)3-14-16(12,13)15-4(1-8)2-9/h4-5,8-9H,1-3,7H2,(H,10,11)(H,12,13). The molecule has 0 aromatic carbocycles. The summed E-state index contributed by atoms with van der Waals surface area (Å²) in [5.74, 6) is -1.40. The third-order valence-corrected chi connectivity index (χ3v) is 2.46. The fraction of sp³-hybridized carbons (Fsp3) is 0.833. The van der Waals surface area contributed by atoms with E-state index in [1.54, 1.807) is 0 Å². The number of aliphatic carboxylic acids is 1. The molecule has 0 fully saturated rings. The lowest BCUT2D eigenvalue weighted by Gasteiger charge is -2.17. The predicted octanol–water partition coefficient (Wildman–Crippen LogP) is -2.11. The van der Waals surface area contributed by atoms with Crippen molar-refractivity contribution in [1.29, 1.82) is 0 Å². The smallest absolute Gasteiger partial charge is 0.472 e. The van der Waals surface area contributed by atoms with E-state index in [2.05, 4.69) is 9.05 Å². The summed E-state index contributed by atoms with van der Waals surface area (Å²) in [5, 5.41) is 25.5. The van der Waals surface area contributed by atoms with E-state index >= 15 is 0 Å². The SMILES string of the molecule is NC(COP(=O)(O)OC(CO)CO)C(=O)O. The molecule has 2 atom stereocenters. The Bertz CT molecular complexity index is 267. The second kappa shape index (κ2) is 6.92. The summed E-state index contributed by atoms with van der Waals surface area (Å²) in [5.41, 5.74) is 5.01. The first-order valence-electron chi connectivity index (χ1n) is 4.18. The van der Waals surface area contributed by atoms with Crippen LogP contribution in [0, 0.1) is 0 Å². The summed E-state index contributed by atoms with van der Waals surface area (Å²) in [6, 6.07) is -1.47. The van der Waals surface area contributed by atoms with Crippen molar-refractivity contribution in [2.75, 3.05) is 19.8 Å². The first-order valence-corrected chi connectivity index (χ1v) is 5.67. The molecule has 0 heterocycles. The van der Waals surface area contributed by atoms with Crippen molar-refractivity contribution in [3.63, 3.8) is 0 Å². The molecule has 0 aromatic rings. The first kappa shape index (κ1) is 15.5. The summed E-state index contributed by atoms with van der Waals surface area (Å²) in [6.45, 7) is -2.10. The largest absolute Gasteiger partial charge is 0.480 e. The number of rotatable bonds is 8. The average Bonchev–Trinajstić information content (AvgIpc) is 2.22. The molecule has 0 bridgehead atoms. The lowest BCUT2D eigenvalue weighted by molar-refractivity contribution is -0.139. The molecule has 0 radical (unpaired) electrons. The van der Waals surface area contributed by atoms with Crippen LogP contribution in [0.15, 0.2) is 0 Å². The fourth-order valence-corrected chi connectivity index (χ4v) is 1.51. The van der Waals surface area contributed by atoms with Gasteiger partial charge in [0, 0.05) is 0 Å². The minimum Gasteiger partial charge on any atom is -0.480 e. The van der Waals surface area contributed by atoms with Gasteiger partial charge in [0.05, 0.1) is 19.8 Å². The molecule has 9 nitrogen and oxygen atoms in total. The van der Waals surface area contributed by atoms with Crippen LogP contribution in [0.2, 0.25) is 0 Å². The van der Waals surface area contributed by atoms with Gasteiger partial charge in [-0.15, -0.1) is 0 Å². The third kappa shape index (κ3) is 6.13. The predicted molar refractivity (Wildman–Crippen MR) is 50.4 cm³/mol. The molecule has 0 aliphatic carbocycles. The number of aliphatic hydroxyl groups is 2. The third-order valence-electron chi connectivity index (χ3n) is 1.42. The fourth-order valence-electron chi connectivity index (χ4n) is 0.589. The van der Waals surface area contributed by atoms with Crippen LogP contribution >= 0.6 is 7.82 Å². The van der Waals surface area contributed by atoms with Gasteiger partial charge in [-0.1, -0.05) is 0 Å². The summed E-state index contributed by atoms with van der Waals surface area (Å²) in [6.07, 6.45) is -1.28. The van der Waals surface area contributed by atoms with E-state index < -0.39 is 45.8 Å². The van der Waals surface area contributed by atoms with E-state index in [0.29, 0.717) is 0 Å². The molecule has 0 aliphatic heterocycles. The van der Waals surface area contributed by atoms with Gasteiger partial charge < -0.3 is 25.9 Å². The second-order valence-corrected chi connectivity index (χ2v) is 4.21. The molecular formula is C6H14NO8P. The maximum absolute atomic E-state index is 11.1. The minimum atomic E-state index is -4.54. The molecule has 0 rings (SSSR count). The van der Waals surface area contributed by atoms with Crippen molar-refractivity contribution in [1.82, 2.24) is 0 Å². The normalized spacial score (nSPS) is 17.1. The Balaban J connectivity index is 4.14. The number of carboxylic acid groups (broad SMARTS) is 1. The molecule has 10 heteroatoms. The lowest BCUT2D eigenvalue weighted by atomic mass is 10.3. The van der Waals surface area contributed by atoms with Crippen LogP contribution in [0.25, 0.3) is 0 Å². The monoisotopic (exact) mass is 259 g/mol. The topological polar surface area (TPSA) is 160 Å². The maximum Gasteiger partial charge on any atom is 0.472 e. The number of aliphatic hydroxyl groups excluding tert-OH is 2. The molecule has 96 valence electrons. The van der Waals surface area contributed by atoms with E-state index in [1.165, 1.54) is 0 Å². The molecular weight excluding hydrogens is 245 g/mol. The van der Waals surface area contributed by atoms with Crippen LogP contribution in [-0.4, -0.2) is 58.1 Å². The molecule has 6 N–H and O–H groups in total. The summed E-state index contributed by atoms with van der Waals surface area (Å²) in [4.78, 5) is 19.3. The van der Waals surface area contributed by atoms with Gasteiger partial charge in [0.1, 0.15) is 12.1 Å². The van der Waals surface area contributed by atoms with Gasteiger partial charge in [0.2, 0.25) is 0 Å². The Labute approximate surface area is 91.0 Å². The Kier molecular flexibility index (Phi) is 6.68. The number of carboxylic acids is 1. The number of hydrogen-bond acceptors (Lipinski definition) is 7. The van der Waals surface area contributed by atoms with E-state index in [4.69, 9.17) is 25.9 Å². The summed E-state index contributed by atoms with van der Waals surface area (Å²) in [7, 11) is -4.54. The molecule has 0 amide bonds. The van der Waals surface area contributed by atoms with Crippen molar-refractivity contribution in [2.24, 2.45) is 5.73 Å². The molecule has 0 aliphatic rings. The van der Waals surface area contributed by atoms with Crippen LogP contribution in [0.3, 0.4) is 0 Å². The van der Waals surface area contributed by atoms with Gasteiger partial charge in [-0.2, -0.15) is 0 Å². The van der Waals surface area contributed by atoms with Crippen LogP contribution in [0.1, 0.15) is 0 Å². The highest BCUT2D eigenvalue weighted by Crippen LogP contribution is 2.44. The van der Waals surface area contributed by atoms with Crippen molar-refractivity contribution < 1.29 is 38.6 Å². The quantitative estimate of drug-likeness (QED) is 0.307. The average molecular weight is 259 g/mol. The molecule has 2 unspecified atom stereocenters. The zero-order chi connectivity index (χ0) is 12.8. The molecule has 0 spiro atoms. The second-order valence-electron chi connectivity index (χ2n) is 2.80. The number of hydrogen-bond donors (Lipinski definition) is 5. The van der Waals surface area contributed by atoms with E-state index in [1.807, 2.05) is 0 Å². The summed E-state index contributed by atoms with van der Waals surface area (Å²) >= 11 is 0. The highest BCUT2D eigenvalue weighted by molar-refractivity contribution is 7.47. The van der Waals surface area contributed by atoms with Gasteiger partial charge in [-0.05, 0) is 0 Å².